The van der Waals surface area contributed by atoms with Crippen LogP contribution in [0.5, 0.6) is 0 Å². The third-order valence-corrected chi connectivity index (χ3v) is 3.99. The summed E-state index contributed by atoms with van der Waals surface area (Å²) in [5.41, 5.74) is 0.755. The van der Waals surface area contributed by atoms with E-state index in [2.05, 4.69) is 10.2 Å². The number of carbonyl (C=O) groups excluding carboxylic acids is 1. The average molecular weight is 320 g/mol. The summed E-state index contributed by atoms with van der Waals surface area (Å²) in [6.45, 7) is 3.48. The zero-order chi connectivity index (χ0) is 16.5. The second-order valence-corrected chi connectivity index (χ2v) is 5.94. The summed E-state index contributed by atoms with van der Waals surface area (Å²) in [5, 5.41) is 12.3. The number of aliphatic hydroxyl groups is 1. The molecular formula is C18H25FN2O2. The lowest BCUT2D eigenvalue weighted by atomic mass is 10.1. The fourth-order valence-electron chi connectivity index (χ4n) is 2.66. The molecule has 0 atom stereocenters. The molecule has 126 valence electrons. The van der Waals surface area contributed by atoms with Crippen LogP contribution < -0.4 is 5.32 Å². The first-order valence-corrected chi connectivity index (χ1v) is 8.23. The van der Waals surface area contributed by atoms with E-state index in [1.165, 1.54) is 12.1 Å². The highest BCUT2D eigenvalue weighted by molar-refractivity contribution is 5.78. The second-order valence-electron chi connectivity index (χ2n) is 5.94. The van der Waals surface area contributed by atoms with E-state index in [9.17, 15) is 14.3 Å². The molecule has 1 aromatic carbocycles. The Morgan fingerprint density at radius 2 is 2.17 bits per heavy atom. The fraction of sp³-hybridized carbons (Fsp3) is 0.500. The molecule has 0 radical (unpaired) electrons. The predicted octanol–water partition coefficient (Wildman–Crippen LogP) is 2.19. The molecule has 0 aliphatic carbocycles. The minimum absolute atomic E-state index is 0.0216. The van der Waals surface area contributed by atoms with Gasteiger partial charge in [-0.1, -0.05) is 24.3 Å². The molecule has 1 fully saturated rings. The van der Waals surface area contributed by atoms with Crippen molar-refractivity contribution in [2.45, 2.75) is 31.8 Å². The second kappa shape index (κ2) is 9.43. The minimum atomic E-state index is -0.276. The summed E-state index contributed by atoms with van der Waals surface area (Å²) in [6.07, 6.45) is 6.25. The maximum atomic E-state index is 13.0. The molecule has 0 unspecified atom stereocenters. The Morgan fingerprint density at radius 1 is 1.39 bits per heavy atom. The Hall–Kier alpha value is -1.72. The van der Waals surface area contributed by atoms with Gasteiger partial charge in [-0.05, 0) is 43.5 Å². The molecule has 0 aromatic heterocycles. The van der Waals surface area contributed by atoms with Crippen LogP contribution in [-0.4, -0.2) is 48.2 Å². The normalized spacial score (nSPS) is 16.8. The molecule has 1 amide bonds. The van der Waals surface area contributed by atoms with E-state index in [1.807, 2.05) is 0 Å². The molecule has 2 N–H and O–H groups in total. The number of carbonyl (C=O) groups is 1. The number of piperidine rings is 1. The number of likely N-dealkylation sites (tertiary alicyclic amines) is 1. The van der Waals surface area contributed by atoms with Crippen LogP contribution in [-0.2, 0) is 4.79 Å². The van der Waals surface area contributed by atoms with Crippen LogP contribution in [0.3, 0.4) is 0 Å². The first kappa shape index (κ1) is 17.6. The topological polar surface area (TPSA) is 52.6 Å². The molecule has 1 aliphatic heterocycles. The van der Waals surface area contributed by atoms with Gasteiger partial charge in [-0.25, -0.2) is 4.39 Å². The molecule has 5 heteroatoms. The molecule has 1 aliphatic rings. The van der Waals surface area contributed by atoms with Crippen molar-refractivity contribution in [1.29, 1.82) is 0 Å². The van der Waals surface area contributed by atoms with Crippen LogP contribution in [0, 0.1) is 5.82 Å². The fourth-order valence-corrected chi connectivity index (χ4v) is 2.66. The van der Waals surface area contributed by atoms with Gasteiger partial charge in [0.15, 0.2) is 0 Å². The van der Waals surface area contributed by atoms with Crippen molar-refractivity contribution in [2.75, 3.05) is 26.2 Å². The van der Waals surface area contributed by atoms with Crippen LogP contribution in [0.1, 0.15) is 31.2 Å². The molecule has 1 aromatic rings. The Bertz CT molecular complexity index is 526. The van der Waals surface area contributed by atoms with Crippen LogP contribution in [0.25, 0.3) is 6.08 Å². The number of halogens is 1. The van der Waals surface area contributed by atoms with Gasteiger partial charge in [-0.3, -0.25) is 4.79 Å². The minimum Gasteiger partial charge on any atom is -0.393 e. The molecule has 1 heterocycles. The summed E-state index contributed by atoms with van der Waals surface area (Å²) in [5.74, 6) is -0.298. The van der Waals surface area contributed by atoms with E-state index >= 15 is 0 Å². The molecular weight excluding hydrogens is 295 g/mol. The van der Waals surface area contributed by atoms with Crippen molar-refractivity contribution in [3.05, 3.63) is 41.7 Å². The predicted molar refractivity (Wildman–Crippen MR) is 89.4 cm³/mol. The Labute approximate surface area is 137 Å². The van der Waals surface area contributed by atoms with Crippen molar-refractivity contribution >= 4 is 12.0 Å². The van der Waals surface area contributed by atoms with Gasteiger partial charge in [0.05, 0.1) is 6.10 Å². The molecule has 23 heavy (non-hydrogen) atoms. The number of nitrogens with one attached hydrogen (secondary N) is 1. The molecule has 1 saturated heterocycles. The monoisotopic (exact) mass is 320 g/mol. The number of hydrogen-bond donors (Lipinski definition) is 2. The van der Waals surface area contributed by atoms with E-state index in [-0.39, 0.29) is 17.8 Å². The highest BCUT2D eigenvalue weighted by Crippen LogP contribution is 2.09. The zero-order valence-electron chi connectivity index (χ0n) is 13.4. The lowest BCUT2D eigenvalue weighted by Gasteiger charge is -2.29. The lowest BCUT2D eigenvalue weighted by molar-refractivity contribution is -0.120. The van der Waals surface area contributed by atoms with Gasteiger partial charge in [0.1, 0.15) is 5.82 Å². The largest absolute Gasteiger partial charge is 0.393 e. The average Bonchev–Trinajstić information content (AvgIpc) is 2.53. The maximum Gasteiger partial charge on any atom is 0.223 e. The van der Waals surface area contributed by atoms with Gasteiger partial charge < -0.3 is 15.3 Å². The van der Waals surface area contributed by atoms with Crippen molar-refractivity contribution in [3.63, 3.8) is 0 Å². The number of hydrogen-bond acceptors (Lipinski definition) is 3. The number of nitrogens with zero attached hydrogens (tertiary/aromatic N) is 1. The summed E-state index contributed by atoms with van der Waals surface area (Å²) >= 11 is 0. The number of amides is 1. The Morgan fingerprint density at radius 3 is 2.91 bits per heavy atom. The summed E-state index contributed by atoms with van der Waals surface area (Å²) < 4.78 is 13.0. The highest BCUT2D eigenvalue weighted by Gasteiger charge is 2.15. The Balaban J connectivity index is 1.56. The van der Waals surface area contributed by atoms with E-state index in [0.717, 1.165) is 44.5 Å². The van der Waals surface area contributed by atoms with Crippen molar-refractivity contribution in [1.82, 2.24) is 10.2 Å². The van der Waals surface area contributed by atoms with Crippen molar-refractivity contribution in [3.8, 4) is 0 Å². The number of rotatable bonds is 7. The molecule has 4 nitrogen and oxygen atoms in total. The van der Waals surface area contributed by atoms with Gasteiger partial charge in [-0.2, -0.15) is 0 Å². The third kappa shape index (κ3) is 6.93. The summed E-state index contributed by atoms with van der Waals surface area (Å²) in [6, 6.07) is 6.28. The highest BCUT2D eigenvalue weighted by atomic mass is 19.1. The van der Waals surface area contributed by atoms with Crippen LogP contribution in [0.15, 0.2) is 30.3 Å². The quantitative estimate of drug-likeness (QED) is 0.757. The lowest BCUT2D eigenvalue weighted by Crippen LogP contribution is -2.37. The summed E-state index contributed by atoms with van der Waals surface area (Å²) in [7, 11) is 0. The molecule has 0 saturated carbocycles. The SMILES string of the molecule is O=C(CC=Cc1cccc(F)c1)NCCCN1CCC(O)CC1. The maximum absolute atomic E-state index is 13.0. The summed E-state index contributed by atoms with van der Waals surface area (Å²) in [4.78, 5) is 14.0. The third-order valence-electron chi connectivity index (χ3n) is 3.99. The molecule has 0 spiro atoms. The van der Waals surface area contributed by atoms with Crippen molar-refractivity contribution < 1.29 is 14.3 Å². The van der Waals surface area contributed by atoms with Crippen LogP contribution in [0.2, 0.25) is 0 Å². The molecule has 2 rings (SSSR count). The standard InChI is InChI=1S/C18H25FN2O2/c19-16-6-1-4-15(14-16)5-2-7-18(23)20-10-3-11-21-12-8-17(22)9-13-21/h1-2,4-6,14,17,22H,3,7-13H2,(H,20,23). The van der Waals surface area contributed by atoms with E-state index in [0.29, 0.717) is 13.0 Å². The Kier molecular flexibility index (Phi) is 7.23. The zero-order valence-corrected chi connectivity index (χ0v) is 13.4. The van der Waals surface area contributed by atoms with Gasteiger partial charge in [0.2, 0.25) is 5.91 Å². The van der Waals surface area contributed by atoms with Gasteiger partial charge >= 0.3 is 0 Å². The smallest absolute Gasteiger partial charge is 0.223 e. The number of aliphatic hydroxyl groups excluding tert-OH is 1. The first-order valence-electron chi connectivity index (χ1n) is 8.23. The first-order chi connectivity index (χ1) is 11.1. The molecule has 0 bridgehead atoms. The van der Waals surface area contributed by atoms with Gasteiger partial charge in [-0.15, -0.1) is 0 Å². The number of benzene rings is 1. The van der Waals surface area contributed by atoms with Crippen molar-refractivity contribution in [2.24, 2.45) is 0 Å². The van der Waals surface area contributed by atoms with Gasteiger partial charge in [0, 0.05) is 26.1 Å². The van der Waals surface area contributed by atoms with E-state index in [4.69, 9.17) is 0 Å². The van der Waals surface area contributed by atoms with E-state index in [1.54, 1.807) is 24.3 Å². The van der Waals surface area contributed by atoms with E-state index < -0.39 is 0 Å². The van der Waals surface area contributed by atoms with Gasteiger partial charge in [0.25, 0.3) is 0 Å². The van der Waals surface area contributed by atoms with Crippen LogP contribution in [0.4, 0.5) is 4.39 Å². The van der Waals surface area contributed by atoms with Crippen LogP contribution >= 0.6 is 0 Å².